The maximum Gasteiger partial charge on any atom is 0.337 e. The molecule has 114 valence electrons. The SMILES string of the molecule is CNC(=O)c1ccsc1NC(=O)c1ccc(C(=O)OC)cc1. The molecule has 0 aliphatic rings. The maximum atomic E-state index is 12.2. The normalized spacial score (nSPS) is 9.91. The van der Waals surface area contributed by atoms with Crippen LogP contribution in [0.1, 0.15) is 31.1 Å². The third-order valence-electron chi connectivity index (χ3n) is 2.93. The molecule has 2 aromatic rings. The number of thiophene rings is 1. The van der Waals surface area contributed by atoms with Gasteiger partial charge in [-0.3, -0.25) is 9.59 Å². The molecule has 2 amide bonds. The minimum atomic E-state index is -0.466. The van der Waals surface area contributed by atoms with Gasteiger partial charge in [-0.1, -0.05) is 0 Å². The molecule has 1 aromatic carbocycles. The molecule has 0 bridgehead atoms. The van der Waals surface area contributed by atoms with E-state index in [4.69, 9.17) is 0 Å². The fraction of sp³-hybridized carbons (Fsp3) is 0.133. The largest absolute Gasteiger partial charge is 0.465 e. The predicted molar refractivity (Wildman–Crippen MR) is 83.4 cm³/mol. The number of ether oxygens (including phenoxy) is 1. The number of hydrogen-bond donors (Lipinski definition) is 2. The van der Waals surface area contributed by atoms with Crippen LogP contribution >= 0.6 is 11.3 Å². The first kappa shape index (κ1) is 15.7. The van der Waals surface area contributed by atoms with Crippen molar-refractivity contribution in [3.63, 3.8) is 0 Å². The van der Waals surface area contributed by atoms with E-state index < -0.39 is 5.97 Å². The fourth-order valence-electron chi connectivity index (χ4n) is 1.77. The van der Waals surface area contributed by atoms with Crippen molar-refractivity contribution >= 4 is 34.1 Å². The van der Waals surface area contributed by atoms with E-state index >= 15 is 0 Å². The lowest BCUT2D eigenvalue weighted by atomic mass is 10.1. The molecule has 0 fully saturated rings. The number of esters is 1. The van der Waals surface area contributed by atoms with E-state index in [0.29, 0.717) is 21.7 Å². The van der Waals surface area contributed by atoms with Gasteiger partial charge >= 0.3 is 5.97 Å². The molecule has 0 spiro atoms. The first-order valence-corrected chi connectivity index (χ1v) is 7.24. The number of carbonyl (C=O) groups is 3. The van der Waals surface area contributed by atoms with Crippen molar-refractivity contribution < 1.29 is 19.1 Å². The van der Waals surface area contributed by atoms with Crippen molar-refractivity contribution in [1.29, 1.82) is 0 Å². The average Bonchev–Trinajstić information content (AvgIpc) is 3.01. The highest BCUT2D eigenvalue weighted by molar-refractivity contribution is 7.14. The maximum absolute atomic E-state index is 12.2. The number of amides is 2. The lowest BCUT2D eigenvalue weighted by molar-refractivity contribution is 0.0600. The predicted octanol–water partition coefficient (Wildman–Crippen LogP) is 2.15. The van der Waals surface area contributed by atoms with Crippen LogP contribution in [0.2, 0.25) is 0 Å². The summed E-state index contributed by atoms with van der Waals surface area (Å²) in [5.74, 6) is -1.09. The topological polar surface area (TPSA) is 84.5 Å². The molecule has 6 nitrogen and oxygen atoms in total. The van der Waals surface area contributed by atoms with Gasteiger partial charge in [0.15, 0.2) is 0 Å². The van der Waals surface area contributed by atoms with Crippen LogP contribution in [0.15, 0.2) is 35.7 Å². The Morgan fingerprint density at radius 3 is 2.23 bits per heavy atom. The van der Waals surface area contributed by atoms with Crippen LogP contribution in [-0.4, -0.2) is 31.9 Å². The zero-order valence-corrected chi connectivity index (χ0v) is 12.8. The molecule has 2 N–H and O–H groups in total. The summed E-state index contributed by atoms with van der Waals surface area (Å²) < 4.78 is 4.59. The second-order valence-electron chi connectivity index (χ2n) is 4.27. The quantitative estimate of drug-likeness (QED) is 0.846. The summed E-state index contributed by atoms with van der Waals surface area (Å²) in [5.41, 5.74) is 1.15. The molecule has 2 rings (SSSR count). The number of carbonyl (C=O) groups excluding carboxylic acids is 3. The molecule has 0 unspecified atom stereocenters. The number of anilines is 1. The lowest BCUT2D eigenvalue weighted by Gasteiger charge is -2.06. The molecule has 0 aliphatic heterocycles. The van der Waals surface area contributed by atoms with Gasteiger partial charge < -0.3 is 15.4 Å². The molecule has 0 aliphatic carbocycles. The Kier molecular flexibility index (Phi) is 4.90. The number of rotatable bonds is 4. The average molecular weight is 318 g/mol. The van der Waals surface area contributed by atoms with E-state index in [1.165, 1.54) is 49.8 Å². The molecule has 7 heteroatoms. The zero-order valence-electron chi connectivity index (χ0n) is 12.0. The first-order chi connectivity index (χ1) is 10.6. The van der Waals surface area contributed by atoms with Gasteiger partial charge in [-0.15, -0.1) is 11.3 Å². The monoisotopic (exact) mass is 318 g/mol. The lowest BCUT2D eigenvalue weighted by Crippen LogP contribution is -2.20. The summed E-state index contributed by atoms with van der Waals surface area (Å²) in [5, 5.41) is 7.40. The van der Waals surface area contributed by atoms with Crippen LogP contribution in [0.25, 0.3) is 0 Å². The Morgan fingerprint density at radius 1 is 1.00 bits per heavy atom. The Morgan fingerprint density at radius 2 is 1.64 bits per heavy atom. The van der Waals surface area contributed by atoms with Crippen molar-refractivity contribution in [3.05, 3.63) is 52.4 Å². The van der Waals surface area contributed by atoms with Crippen LogP contribution in [0.5, 0.6) is 0 Å². The van der Waals surface area contributed by atoms with Crippen molar-refractivity contribution in [2.45, 2.75) is 0 Å². The summed E-state index contributed by atoms with van der Waals surface area (Å²) in [6.45, 7) is 0. The molecule has 0 atom stereocenters. The number of nitrogens with one attached hydrogen (secondary N) is 2. The Hall–Kier alpha value is -2.67. The van der Waals surface area contributed by atoms with E-state index in [1.807, 2.05) is 0 Å². The van der Waals surface area contributed by atoms with Crippen LogP contribution in [0.3, 0.4) is 0 Å². The van der Waals surface area contributed by atoms with Crippen molar-refractivity contribution in [1.82, 2.24) is 5.32 Å². The molecule has 1 heterocycles. The van der Waals surface area contributed by atoms with Crippen LogP contribution < -0.4 is 10.6 Å². The molecule has 22 heavy (non-hydrogen) atoms. The Labute approximate surface area is 131 Å². The third kappa shape index (κ3) is 3.32. The summed E-state index contributed by atoms with van der Waals surface area (Å²) in [6, 6.07) is 7.70. The molecular weight excluding hydrogens is 304 g/mol. The fourth-order valence-corrected chi connectivity index (χ4v) is 2.55. The molecular formula is C15H14N2O4S. The summed E-state index contributed by atoms with van der Waals surface area (Å²) in [4.78, 5) is 35.2. The molecule has 0 radical (unpaired) electrons. The van der Waals surface area contributed by atoms with E-state index in [2.05, 4.69) is 15.4 Å². The summed E-state index contributed by atoms with van der Waals surface area (Å²) in [6.07, 6.45) is 0. The second-order valence-corrected chi connectivity index (χ2v) is 5.18. The van der Waals surface area contributed by atoms with Gasteiger partial charge in [0, 0.05) is 12.6 Å². The van der Waals surface area contributed by atoms with Gasteiger partial charge in [0.25, 0.3) is 11.8 Å². The van der Waals surface area contributed by atoms with Crippen molar-refractivity contribution in [2.75, 3.05) is 19.5 Å². The minimum absolute atomic E-state index is 0.266. The minimum Gasteiger partial charge on any atom is -0.465 e. The molecule has 0 saturated carbocycles. The van der Waals surface area contributed by atoms with Gasteiger partial charge in [0.2, 0.25) is 0 Å². The van der Waals surface area contributed by atoms with Crippen LogP contribution in [0, 0.1) is 0 Å². The van der Waals surface area contributed by atoms with Crippen LogP contribution in [-0.2, 0) is 4.74 Å². The third-order valence-corrected chi connectivity index (χ3v) is 3.76. The van der Waals surface area contributed by atoms with Gasteiger partial charge in [0.05, 0.1) is 18.2 Å². The highest BCUT2D eigenvalue weighted by atomic mass is 32.1. The van der Waals surface area contributed by atoms with E-state index in [0.717, 1.165) is 0 Å². The van der Waals surface area contributed by atoms with Crippen LogP contribution in [0.4, 0.5) is 5.00 Å². The van der Waals surface area contributed by atoms with Crippen molar-refractivity contribution in [3.8, 4) is 0 Å². The van der Waals surface area contributed by atoms with Crippen molar-refractivity contribution in [2.24, 2.45) is 0 Å². The van der Waals surface area contributed by atoms with Gasteiger partial charge in [-0.25, -0.2) is 4.79 Å². The number of hydrogen-bond acceptors (Lipinski definition) is 5. The molecule has 0 saturated heterocycles. The number of benzene rings is 1. The Balaban J connectivity index is 2.14. The zero-order chi connectivity index (χ0) is 16.1. The van der Waals surface area contributed by atoms with Gasteiger partial charge in [0.1, 0.15) is 5.00 Å². The van der Waals surface area contributed by atoms with Gasteiger partial charge in [-0.2, -0.15) is 0 Å². The smallest absolute Gasteiger partial charge is 0.337 e. The summed E-state index contributed by atoms with van der Waals surface area (Å²) in [7, 11) is 2.82. The molecule has 1 aromatic heterocycles. The standard InChI is InChI=1S/C15H14N2O4S/c1-16-13(19)11-7-8-22-14(11)17-12(18)9-3-5-10(6-4-9)15(20)21-2/h3-8H,1-2H3,(H,16,19)(H,17,18). The summed E-state index contributed by atoms with van der Waals surface area (Å²) >= 11 is 1.26. The van der Waals surface area contributed by atoms with E-state index in [9.17, 15) is 14.4 Å². The highest BCUT2D eigenvalue weighted by Crippen LogP contribution is 2.23. The highest BCUT2D eigenvalue weighted by Gasteiger charge is 2.15. The Bertz CT molecular complexity index is 707. The first-order valence-electron chi connectivity index (χ1n) is 6.36. The van der Waals surface area contributed by atoms with Gasteiger partial charge in [-0.05, 0) is 35.7 Å². The van der Waals surface area contributed by atoms with E-state index in [-0.39, 0.29) is 11.8 Å². The number of methoxy groups -OCH3 is 1. The van der Waals surface area contributed by atoms with E-state index in [1.54, 1.807) is 11.4 Å². The second kappa shape index (κ2) is 6.86.